The fourth-order valence-electron chi connectivity index (χ4n) is 3.05. The van der Waals surface area contributed by atoms with E-state index in [0.29, 0.717) is 49.6 Å². The molecule has 138 valence electrons. The average Bonchev–Trinajstić information content (AvgIpc) is 3.55. The van der Waals surface area contributed by atoms with E-state index in [1.807, 2.05) is 9.80 Å². The van der Waals surface area contributed by atoms with Crippen LogP contribution in [0.4, 0.5) is 10.7 Å². The molecule has 9 heteroatoms. The maximum atomic E-state index is 12.0. The van der Waals surface area contributed by atoms with Crippen molar-refractivity contribution >= 4 is 17.8 Å². The second-order valence-corrected chi connectivity index (χ2v) is 7.15. The van der Waals surface area contributed by atoms with Gasteiger partial charge in [0.2, 0.25) is 23.4 Å². The molecule has 1 aromatic heterocycles. The van der Waals surface area contributed by atoms with Crippen LogP contribution >= 0.6 is 0 Å². The summed E-state index contributed by atoms with van der Waals surface area (Å²) in [5.41, 5.74) is 0.342. The second-order valence-electron chi connectivity index (χ2n) is 7.15. The normalized spacial score (nSPS) is 20.5. The van der Waals surface area contributed by atoms with Gasteiger partial charge in [-0.3, -0.25) is 15.0 Å². The summed E-state index contributed by atoms with van der Waals surface area (Å²) in [4.78, 5) is 31.9. The number of imide groups is 1. The van der Waals surface area contributed by atoms with E-state index in [1.165, 1.54) is 0 Å². The minimum Gasteiger partial charge on any atom is -0.423 e. The number of rotatable bonds is 5. The fraction of sp³-hybridized carbons (Fsp3) is 0.647. The number of aromatic nitrogens is 1. The van der Waals surface area contributed by atoms with Crippen molar-refractivity contribution < 1.29 is 14.0 Å². The summed E-state index contributed by atoms with van der Waals surface area (Å²) in [6.07, 6.45) is 4.11. The quantitative estimate of drug-likeness (QED) is 0.789. The van der Waals surface area contributed by atoms with E-state index in [-0.39, 0.29) is 18.5 Å². The number of urea groups is 1. The summed E-state index contributed by atoms with van der Waals surface area (Å²) >= 11 is 0. The summed E-state index contributed by atoms with van der Waals surface area (Å²) in [6, 6.07) is 1.93. The lowest BCUT2D eigenvalue weighted by Gasteiger charge is -2.33. The zero-order valence-corrected chi connectivity index (χ0v) is 14.5. The minimum absolute atomic E-state index is 0.181. The van der Waals surface area contributed by atoms with E-state index in [1.54, 1.807) is 0 Å². The average molecular weight is 358 g/mol. The van der Waals surface area contributed by atoms with E-state index < -0.39 is 6.03 Å². The van der Waals surface area contributed by atoms with Gasteiger partial charge in [0.15, 0.2) is 0 Å². The molecule has 3 fully saturated rings. The molecule has 0 unspecified atom stereocenters. The highest BCUT2D eigenvalue weighted by Crippen LogP contribution is 2.41. The lowest BCUT2D eigenvalue weighted by atomic mass is 10.3. The highest BCUT2D eigenvalue weighted by molar-refractivity contribution is 5.95. The zero-order chi connectivity index (χ0) is 18.1. The molecule has 1 saturated heterocycles. The van der Waals surface area contributed by atoms with Gasteiger partial charge in [0, 0.05) is 38.1 Å². The maximum absolute atomic E-state index is 12.0. The third kappa shape index (κ3) is 3.96. The van der Waals surface area contributed by atoms with Gasteiger partial charge in [-0.1, -0.05) is 0 Å². The minimum atomic E-state index is -0.413. The lowest BCUT2D eigenvalue weighted by Crippen LogP contribution is -2.51. The Hall–Kier alpha value is -2.60. The topological polar surface area (TPSA) is 114 Å². The number of hydrogen-bond donors (Lipinski definition) is 2. The summed E-state index contributed by atoms with van der Waals surface area (Å²) in [5.74, 6) is 1.27. The molecule has 1 aliphatic heterocycles. The zero-order valence-electron chi connectivity index (χ0n) is 14.5. The van der Waals surface area contributed by atoms with Crippen LogP contribution < -0.4 is 15.5 Å². The van der Waals surface area contributed by atoms with Gasteiger partial charge in [-0.2, -0.15) is 5.26 Å². The van der Waals surface area contributed by atoms with Crippen LogP contribution in [0.2, 0.25) is 0 Å². The molecular weight excluding hydrogens is 336 g/mol. The Balaban J connectivity index is 1.26. The number of nitriles is 1. The van der Waals surface area contributed by atoms with Gasteiger partial charge in [0.25, 0.3) is 0 Å². The molecule has 26 heavy (non-hydrogen) atoms. The number of piperazine rings is 1. The molecule has 0 spiro atoms. The molecule has 1 aromatic rings. The van der Waals surface area contributed by atoms with Gasteiger partial charge in [0.05, 0.1) is 6.54 Å². The van der Waals surface area contributed by atoms with Crippen molar-refractivity contribution in [1.82, 2.24) is 20.5 Å². The second kappa shape index (κ2) is 6.96. The van der Waals surface area contributed by atoms with Gasteiger partial charge in [-0.25, -0.2) is 9.78 Å². The van der Waals surface area contributed by atoms with E-state index in [4.69, 9.17) is 4.42 Å². The first-order chi connectivity index (χ1) is 12.6. The monoisotopic (exact) mass is 358 g/mol. The molecule has 3 aliphatic rings. The predicted octanol–water partition coefficient (Wildman–Crippen LogP) is 0.534. The lowest BCUT2D eigenvalue weighted by molar-refractivity contribution is -0.121. The van der Waals surface area contributed by atoms with Gasteiger partial charge < -0.3 is 14.6 Å². The first-order valence-electron chi connectivity index (χ1n) is 9.11. The maximum Gasteiger partial charge on any atom is 0.321 e. The van der Waals surface area contributed by atoms with Crippen molar-refractivity contribution in [2.45, 2.75) is 37.6 Å². The molecule has 0 bridgehead atoms. The van der Waals surface area contributed by atoms with Crippen molar-refractivity contribution in [3.63, 3.8) is 0 Å². The van der Waals surface area contributed by atoms with Crippen molar-refractivity contribution in [3.8, 4) is 6.07 Å². The molecule has 0 atom stereocenters. The summed E-state index contributed by atoms with van der Waals surface area (Å²) in [5, 5.41) is 14.4. The SMILES string of the molecule is N#Cc1nc(C2CC2)oc1N1CCN(CC(=O)NC(=O)NC2CC2)CC1. The Morgan fingerprint density at radius 2 is 1.92 bits per heavy atom. The number of carbonyl (C=O) groups is 2. The molecule has 4 rings (SSSR count). The molecule has 2 heterocycles. The van der Waals surface area contributed by atoms with Gasteiger partial charge in [0.1, 0.15) is 6.07 Å². The van der Waals surface area contributed by atoms with Gasteiger partial charge >= 0.3 is 6.03 Å². The third-order valence-electron chi connectivity index (χ3n) is 4.85. The highest BCUT2D eigenvalue weighted by Gasteiger charge is 2.32. The predicted molar refractivity (Wildman–Crippen MR) is 91.5 cm³/mol. The van der Waals surface area contributed by atoms with Crippen LogP contribution in [0.3, 0.4) is 0 Å². The summed E-state index contributed by atoms with van der Waals surface area (Å²) in [6.45, 7) is 2.79. The van der Waals surface area contributed by atoms with Crippen LogP contribution in [0.1, 0.15) is 43.2 Å². The first kappa shape index (κ1) is 16.8. The van der Waals surface area contributed by atoms with Crippen LogP contribution in [-0.2, 0) is 4.79 Å². The Bertz CT molecular complexity index is 738. The Morgan fingerprint density at radius 1 is 1.19 bits per heavy atom. The van der Waals surface area contributed by atoms with Crippen LogP contribution in [0.25, 0.3) is 0 Å². The number of anilines is 1. The number of amides is 3. The smallest absolute Gasteiger partial charge is 0.321 e. The Kier molecular flexibility index (Phi) is 4.51. The highest BCUT2D eigenvalue weighted by atomic mass is 16.4. The van der Waals surface area contributed by atoms with E-state index >= 15 is 0 Å². The molecule has 3 amide bonds. The van der Waals surface area contributed by atoms with Crippen LogP contribution in [-0.4, -0.2) is 60.6 Å². The van der Waals surface area contributed by atoms with E-state index in [2.05, 4.69) is 21.7 Å². The number of oxazole rings is 1. The molecule has 0 aromatic carbocycles. The molecule has 2 aliphatic carbocycles. The number of nitrogens with zero attached hydrogens (tertiary/aromatic N) is 4. The standard InChI is InChI=1S/C17H22N6O3/c18-9-13-16(26-15(20-13)11-1-2-11)23-7-5-22(6-8-23)10-14(24)21-17(25)19-12-3-4-12/h11-12H,1-8,10H2,(H2,19,21,24,25). The Labute approximate surface area is 151 Å². The number of carbonyl (C=O) groups excluding carboxylic acids is 2. The van der Waals surface area contributed by atoms with Crippen molar-refractivity contribution in [3.05, 3.63) is 11.6 Å². The Morgan fingerprint density at radius 3 is 2.54 bits per heavy atom. The number of hydrogen-bond acceptors (Lipinski definition) is 7. The van der Waals surface area contributed by atoms with E-state index in [9.17, 15) is 14.9 Å². The van der Waals surface area contributed by atoms with E-state index in [0.717, 1.165) is 25.7 Å². The van der Waals surface area contributed by atoms with Crippen molar-refractivity contribution in [2.24, 2.45) is 0 Å². The molecule has 0 radical (unpaired) electrons. The molecule has 2 saturated carbocycles. The van der Waals surface area contributed by atoms with Crippen molar-refractivity contribution in [1.29, 1.82) is 5.26 Å². The van der Waals surface area contributed by atoms with Crippen LogP contribution in [0, 0.1) is 11.3 Å². The van der Waals surface area contributed by atoms with Gasteiger partial charge in [-0.05, 0) is 25.7 Å². The van der Waals surface area contributed by atoms with Crippen molar-refractivity contribution in [2.75, 3.05) is 37.6 Å². The third-order valence-corrected chi connectivity index (χ3v) is 4.85. The largest absolute Gasteiger partial charge is 0.423 e. The number of nitrogens with one attached hydrogen (secondary N) is 2. The molecule has 2 N–H and O–H groups in total. The van der Waals surface area contributed by atoms with Gasteiger partial charge in [-0.15, -0.1) is 0 Å². The van der Waals surface area contributed by atoms with Crippen LogP contribution in [0.5, 0.6) is 0 Å². The summed E-state index contributed by atoms with van der Waals surface area (Å²) < 4.78 is 5.82. The summed E-state index contributed by atoms with van der Waals surface area (Å²) in [7, 11) is 0. The molecule has 9 nitrogen and oxygen atoms in total. The fourth-order valence-corrected chi connectivity index (χ4v) is 3.05. The first-order valence-corrected chi connectivity index (χ1v) is 9.11. The molecular formula is C17H22N6O3. The van der Waals surface area contributed by atoms with Crippen LogP contribution in [0.15, 0.2) is 4.42 Å².